The van der Waals surface area contributed by atoms with Crippen LogP contribution in [0.4, 0.5) is 0 Å². The summed E-state index contributed by atoms with van der Waals surface area (Å²) in [7, 11) is 1.64. The normalized spacial score (nSPS) is 12.4. The molecule has 0 aliphatic carbocycles. The van der Waals surface area contributed by atoms with Gasteiger partial charge in [0, 0.05) is 19.7 Å². The molecule has 0 bridgehead atoms. The van der Waals surface area contributed by atoms with Crippen molar-refractivity contribution in [2.45, 2.75) is 19.4 Å². The molecule has 0 aliphatic heterocycles. The van der Waals surface area contributed by atoms with E-state index in [9.17, 15) is 4.79 Å². The minimum atomic E-state index is 0.0313. The van der Waals surface area contributed by atoms with Gasteiger partial charge in [-0.3, -0.25) is 4.79 Å². The summed E-state index contributed by atoms with van der Waals surface area (Å²) in [6.45, 7) is 3.68. The molecule has 4 nitrogen and oxygen atoms in total. The Morgan fingerprint density at radius 3 is 3.06 bits per heavy atom. The number of carbonyl (C=O) groups excluding carboxylic acids is 1. The van der Waals surface area contributed by atoms with E-state index in [2.05, 4.69) is 27.5 Å². The highest BCUT2D eigenvalue weighted by Gasteiger charge is 2.07. The Kier molecular flexibility index (Phi) is 6.84. The van der Waals surface area contributed by atoms with Gasteiger partial charge < -0.3 is 15.4 Å². The molecular weight excluding hydrogens is 236 g/mol. The zero-order chi connectivity index (χ0) is 12.5. The van der Waals surface area contributed by atoms with Crippen LogP contribution in [-0.4, -0.2) is 38.8 Å². The summed E-state index contributed by atoms with van der Waals surface area (Å²) in [4.78, 5) is 11.5. The summed E-state index contributed by atoms with van der Waals surface area (Å²) in [6, 6.07) is 2.26. The van der Waals surface area contributed by atoms with E-state index in [-0.39, 0.29) is 11.9 Å². The number of hydrogen-bond donors (Lipinski definition) is 2. The molecule has 0 radical (unpaired) electrons. The van der Waals surface area contributed by atoms with Crippen molar-refractivity contribution in [2.24, 2.45) is 0 Å². The second-order valence-corrected chi connectivity index (χ2v) is 4.75. The molecule has 0 saturated heterocycles. The Labute approximate surface area is 106 Å². The molecule has 0 spiro atoms. The molecule has 0 fully saturated rings. The van der Waals surface area contributed by atoms with E-state index < -0.39 is 0 Å². The van der Waals surface area contributed by atoms with Crippen LogP contribution in [0.2, 0.25) is 0 Å². The molecule has 1 aromatic heterocycles. The third-order valence-corrected chi connectivity index (χ3v) is 3.03. The molecular formula is C12H20N2O2S. The van der Waals surface area contributed by atoms with Crippen LogP contribution >= 0.6 is 11.3 Å². The Bertz CT molecular complexity index is 314. The van der Waals surface area contributed by atoms with Crippen LogP contribution in [0.15, 0.2) is 16.8 Å². The van der Waals surface area contributed by atoms with E-state index in [1.165, 1.54) is 5.56 Å². The summed E-state index contributed by atoms with van der Waals surface area (Å²) in [5.74, 6) is 0.0313. The average Bonchev–Trinajstić information content (AvgIpc) is 2.77. The predicted octanol–water partition coefficient (Wildman–Crippen LogP) is 1.03. The molecule has 96 valence electrons. The highest BCUT2D eigenvalue weighted by Crippen LogP contribution is 2.08. The fourth-order valence-corrected chi connectivity index (χ4v) is 2.20. The van der Waals surface area contributed by atoms with Crippen molar-refractivity contribution in [3.05, 3.63) is 22.4 Å². The third kappa shape index (κ3) is 6.41. The summed E-state index contributed by atoms with van der Waals surface area (Å²) < 4.78 is 4.88. The number of hydrogen-bond acceptors (Lipinski definition) is 4. The maximum absolute atomic E-state index is 11.5. The van der Waals surface area contributed by atoms with Gasteiger partial charge in [0.25, 0.3) is 0 Å². The largest absolute Gasteiger partial charge is 0.383 e. The number of rotatable bonds is 8. The first-order chi connectivity index (χ1) is 8.22. The fourth-order valence-electron chi connectivity index (χ4n) is 1.52. The number of thiophene rings is 1. The Morgan fingerprint density at radius 1 is 1.59 bits per heavy atom. The van der Waals surface area contributed by atoms with Gasteiger partial charge in [-0.1, -0.05) is 0 Å². The van der Waals surface area contributed by atoms with Gasteiger partial charge in [0.15, 0.2) is 0 Å². The van der Waals surface area contributed by atoms with Crippen molar-refractivity contribution in [3.63, 3.8) is 0 Å². The summed E-state index contributed by atoms with van der Waals surface area (Å²) in [5.41, 5.74) is 1.27. The summed E-state index contributed by atoms with van der Waals surface area (Å²) in [6.07, 6.45) is 0.882. The highest BCUT2D eigenvalue weighted by atomic mass is 32.1. The molecule has 1 aromatic rings. The van der Waals surface area contributed by atoms with Gasteiger partial charge in [0.1, 0.15) is 0 Å². The molecule has 1 heterocycles. The first-order valence-electron chi connectivity index (χ1n) is 5.72. The molecule has 0 aromatic carbocycles. The standard InChI is InChI=1S/C12H20N2O2S/c1-10(7-11-3-6-17-9-11)14-12(15)8-13-4-5-16-2/h3,6,9-10,13H,4-5,7-8H2,1-2H3,(H,14,15). The van der Waals surface area contributed by atoms with E-state index in [1.54, 1.807) is 18.4 Å². The molecule has 1 rings (SSSR count). The van der Waals surface area contributed by atoms with Crippen molar-refractivity contribution >= 4 is 17.2 Å². The number of nitrogens with one attached hydrogen (secondary N) is 2. The Morgan fingerprint density at radius 2 is 2.41 bits per heavy atom. The lowest BCUT2D eigenvalue weighted by Gasteiger charge is -2.13. The van der Waals surface area contributed by atoms with Gasteiger partial charge in [-0.15, -0.1) is 0 Å². The number of methoxy groups -OCH3 is 1. The van der Waals surface area contributed by atoms with E-state index in [0.29, 0.717) is 19.7 Å². The quantitative estimate of drug-likeness (QED) is 0.683. The Balaban J connectivity index is 2.13. The van der Waals surface area contributed by atoms with Gasteiger partial charge in [-0.25, -0.2) is 0 Å². The van der Waals surface area contributed by atoms with Crippen molar-refractivity contribution in [1.82, 2.24) is 10.6 Å². The third-order valence-electron chi connectivity index (χ3n) is 2.30. The average molecular weight is 256 g/mol. The monoisotopic (exact) mass is 256 g/mol. The Hall–Kier alpha value is -0.910. The van der Waals surface area contributed by atoms with Crippen LogP contribution in [0.5, 0.6) is 0 Å². The van der Waals surface area contributed by atoms with E-state index >= 15 is 0 Å². The summed E-state index contributed by atoms with van der Waals surface area (Å²) >= 11 is 1.68. The van der Waals surface area contributed by atoms with Crippen LogP contribution in [0.1, 0.15) is 12.5 Å². The zero-order valence-electron chi connectivity index (χ0n) is 10.4. The van der Waals surface area contributed by atoms with Crippen LogP contribution in [0.3, 0.4) is 0 Å². The molecule has 0 saturated carbocycles. The maximum Gasteiger partial charge on any atom is 0.234 e. The first kappa shape index (κ1) is 14.2. The molecule has 2 N–H and O–H groups in total. The minimum Gasteiger partial charge on any atom is -0.383 e. The number of amides is 1. The van der Waals surface area contributed by atoms with Gasteiger partial charge >= 0.3 is 0 Å². The number of carbonyl (C=O) groups is 1. The molecule has 17 heavy (non-hydrogen) atoms. The number of ether oxygens (including phenoxy) is 1. The second-order valence-electron chi connectivity index (χ2n) is 3.97. The van der Waals surface area contributed by atoms with Gasteiger partial charge in [0.05, 0.1) is 13.2 Å². The molecule has 5 heteroatoms. The van der Waals surface area contributed by atoms with Crippen LogP contribution in [0.25, 0.3) is 0 Å². The summed E-state index contributed by atoms with van der Waals surface area (Å²) in [5, 5.41) is 10.1. The molecule has 0 aliphatic rings. The van der Waals surface area contributed by atoms with Gasteiger partial charge in [-0.2, -0.15) is 11.3 Å². The first-order valence-corrected chi connectivity index (χ1v) is 6.66. The van der Waals surface area contributed by atoms with Crippen molar-refractivity contribution in [2.75, 3.05) is 26.8 Å². The zero-order valence-corrected chi connectivity index (χ0v) is 11.2. The van der Waals surface area contributed by atoms with Crippen molar-refractivity contribution < 1.29 is 9.53 Å². The van der Waals surface area contributed by atoms with Crippen LogP contribution < -0.4 is 10.6 Å². The SMILES string of the molecule is COCCNCC(=O)NC(C)Cc1ccsc1. The van der Waals surface area contributed by atoms with Crippen LogP contribution in [-0.2, 0) is 16.0 Å². The minimum absolute atomic E-state index is 0.0313. The predicted molar refractivity (Wildman–Crippen MR) is 70.4 cm³/mol. The maximum atomic E-state index is 11.5. The smallest absolute Gasteiger partial charge is 0.234 e. The highest BCUT2D eigenvalue weighted by molar-refractivity contribution is 7.07. The second kappa shape index (κ2) is 8.22. The van der Waals surface area contributed by atoms with Crippen molar-refractivity contribution in [1.29, 1.82) is 0 Å². The molecule has 1 atom stereocenters. The molecule has 1 amide bonds. The topological polar surface area (TPSA) is 50.4 Å². The lowest BCUT2D eigenvalue weighted by Crippen LogP contribution is -2.40. The van der Waals surface area contributed by atoms with E-state index in [1.807, 2.05) is 6.92 Å². The van der Waals surface area contributed by atoms with Crippen molar-refractivity contribution in [3.8, 4) is 0 Å². The van der Waals surface area contributed by atoms with Crippen LogP contribution in [0, 0.1) is 0 Å². The lowest BCUT2D eigenvalue weighted by molar-refractivity contribution is -0.120. The van der Waals surface area contributed by atoms with Gasteiger partial charge in [-0.05, 0) is 35.7 Å². The van der Waals surface area contributed by atoms with Gasteiger partial charge in [0.2, 0.25) is 5.91 Å². The van der Waals surface area contributed by atoms with E-state index in [0.717, 1.165) is 6.42 Å². The fraction of sp³-hybridized carbons (Fsp3) is 0.583. The van der Waals surface area contributed by atoms with E-state index in [4.69, 9.17) is 4.74 Å². The molecule has 1 unspecified atom stereocenters. The lowest BCUT2D eigenvalue weighted by atomic mass is 10.1.